The molecule has 0 spiro atoms. The molecule has 3 unspecified atom stereocenters. The predicted octanol–water partition coefficient (Wildman–Crippen LogP) is 0.550. The Balaban J connectivity index is 1.66. The van der Waals surface area contributed by atoms with E-state index in [0.717, 1.165) is 12.8 Å². The normalized spacial score (nSPS) is 47.6. The lowest BCUT2D eigenvalue weighted by Gasteiger charge is -2.36. The highest BCUT2D eigenvalue weighted by Gasteiger charge is 2.72. The number of carbonyl (C=O) groups is 3. The number of ether oxygens (including phenoxy) is 1. The second kappa shape index (κ2) is 4.10. The minimum Gasteiger partial charge on any atom is -0.367 e. The molecule has 4 heterocycles. The third-order valence-electron chi connectivity index (χ3n) is 6.21. The lowest BCUT2D eigenvalue weighted by Crippen LogP contribution is -2.52. The molecule has 4 aliphatic rings. The van der Waals surface area contributed by atoms with Crippen LogP contribution in [0.5, 0.6) is 0 Å². The van der Waals surface area contributed by atoms with Gasteiger partial charge in [0.05, 0.1) is 29.1 Å². The van der Waals surface area contributed by atoms with Gasteiger partial charge in [-0.15, -0.1) is 0 Å². The zero-order valence-corrected chi connectivity index (χ0v) is 13.3. The zero-order valence-electron chi connectivity index (χ0n) is 13.3. The fourth-order valence-corrected chi connectivity index (χ4v) is 5.05. The number of hydrogen-bond acceptors (Lipinski definition) is 4. The molecule has 6 heteroatoms. The molecule has 120 valence electrons. The summed E-state index contributed by atoms with van der Waals surface area (Å²) in [6, 6.07) is -0.181. The maximum Gasteiger partial charge on any atom is 0.236 e. The average molecular weight is 306 g/mol. The number of rotatable bonds is 1. The number of hydrogen-bond donors (Lipinski definition) is 0. The van der Waals surface area contributed by atoms with Crippen molar-refractivity contribution in [1.29, 1.82) is 0 Å². The van der Waals surface area contributed by atoms with Crippen molar-refractivity contribution in [1.82, 2.24) is 9.80 Å². The van der Waals surface area contributed by atoms with Crippen LogP contribution >= 0.6 is 0 Å². The third-order valence-corrected chi connectivity index (χ3v) is 6.21. The van der Waals surface area contributed by atoms with Gasteiger partial charge < -0.3 is 9.64 Å². The van der Waals surface area contributed by atoms with Crippen molar-refractivity contribution >= 4 is 17.7 Å². The molecule has 0 aromatic carbocycles. The van der Waals surface area contributed by atoms with Gasteiger partial charge >= 0.3 is 0 Å². The molecule has 0 aromatic heterocycles. The van der Waals surface area contributed by atoms with Gasteiger partial charge in [-0.2, -0.15) is 0 Å². The van der Waals surface area contributed by atoms with Gasteiger partial charge in [0.25, 0.3) is 0 Å². The van der Waals surface area contributed by atoms with Crippen molar-refractivity contribution in [2.24, 2.45) is 11.8 Å². The summed E-state index contributed by atoms with van der Waals surface area (Å²) in [6.45, 7) is 4.38. The van der Waals surface area contributed by atoms with Crippen LogP contribution in [-0.2, 0) is 19.1 Å². The van der Waals surface area contributed by atoms with E-state index in [4.69, 9.17) is 4.74 Å². The molecule has 0 saturated carbocycles. The van der Waals surface area contributed by atoms with E-state index in [1.807, 2.05) is 13.8 Å². The maximum absolute atomic E-state index is 12.9. The highest BCUT2D eigenvalue weighted by Crippen LogP contribution is 2.60. The quantitative estimate of drug-likeness (QED) is 0.664. The first kappa shape index (κ1) is 14.2. The molecule has 4 rings (SSSR count). The summed E-state index contributed by atoms with van der Waals surface area (Å²) in [6.07, 6.45) is 2.65. The number of amides is 3. The Morgan fingerprint density at radius 2 is 1.59 bits per heavy atom. The van der Waals surface area contributed by atoms with Crippen LogP contribution < -0.4 is 0 Å². The van der Waals surface area contributed by atoms with Crippen molar-refractivity contribution in [2.75, 3.05) is 13.6 Å². The van der Waals surface area contributed by atoms with Crippen LogP contribution in [0.25, 0.3) is 0 Å². The molecule has 0 N–H and O–H groups in total. The van der Waals surface area contributed by atoms with Gasteiger partial charge in [-0.25, -0.2) is 0 Å². The largest absolute Gasteiger partial charge is 0.367 e. The number of fused-ring (bicyclic) bond motifs is 5. The molecule has 2 bridgehead atoms. The summed E-state index contributed by atoms with van der Waals surface area (Å²) in [5.74, 6) is -0.788. The highest BCUT2D eigenvalue weighted by atomic mass is 16.5. The van der Waals surface area contributed by atoms with Gasteiger partial charge in [-0.3, -0.25) is 19.3 Å². The Morgan fingerprint density at radius 3 is 2.09 bits per heavy atom. The van der Waals surface area contributed by atoms with Crippen LogP contribution in [-0.4, -0.2) is 58.4 Å². The monoisotopic (exact) mass is 306 g/mol. The lowest BCUT2D eigenvalue weighted by atomic mass is 9.69. The summed E-state index contributed by atoms with van der Waals surface area (Å²) in [7, 11) is 1.73. The van der Waals surface area contributed by atoms with Gasteiger partial charge in [0.1, 0.15) is 0 Å². The van der Waals surface area contributed by atoms with Gasteiger partial charge in [0.2, 0.25) is 17.7 Å². The Hall–Kier alpha value is -1.43. The summed E-state index contributed by atoms with van der Waals surface area (Å²) in [5.41, 5.74) is -1.01. The fourth-order valence-electron chi connectivity index (χ4n) is 5.05. The minimum absolute atomic E-state index is 0.0814. The summed E-state index contributed by atoms with van der Waals surface area (Å²) >= 11 is 0. The van der Waals surface area contributed by atoms with E-state index < -0.39 is 11.2 Å². The molecule has 4 aliphatic heterocycles. The Kier molecular flexibility index (Phi) is 2.64. The zero-order chi connectivity index (χ0) is 15.9. The maximum atomic E-state index is 12.9. The standard InChI is InChI=1S/C16H22N2O4/c1-15-6-7-16(2,22-15)12-11(15)13(20)18(14(12)21)9-4-5-10(19)17(3)8-9/h9,11-12H,4-8H2,1-3H3/t9?,11-,12+,15?,16?. The molecule has 22 heavy (non-hydrogen) atoms. The summed E-state index contributed by atoms with van der Waals surface area (Å²) in [5, 5.41) is 0. The fraction of sp³-hybridized carbons (Fsp3) is 0.812. The predicted molar refractivity (Wildman–Crippen MR) is 76.6 cm³/mol. The molecule has 3 amide bonds. The van der Waals surface area contributed by atoms with Crippen LogP contribution in [0.2, 0.25) is 0 Å². The van der Waals surface area contributed by atoms with E-state index in [0.29, 0.717) is 19.4 Å². The highest BCUT2D eigenvalue weighted by molar-refractivity contribution is 6.07. The minimum atomic E-state index is -0.503. The van der Waals surface area contributed by atoms with E-state index >= 15 is 0 Å². The molecule has 4 fully saturated rings. The molecule has 5 atom stereocenters. The second-order valence-electron chi connectivity index (χ2n) is 7.70. The molecular formula is C16H22N2O4. The average Bonchev–Trinajstić information content (AvgIpc) is 2.99. The first-order valence-electron chi connectivity index (χ1n) is 8.08. The number of piperidine rings is 1. The number of carbonyl (C=O) groups excluding carboxylic acids is 3. The molecule has 6 nitrogen and oxygen atoms in total. The van der Waals surface area contributed by atoms with Gasteiger partial charge in [0.15, 0.2) is 0 Å². The van der Waals surface area contributed by atoms with Crippen molar-refractivity contribution < 1.29 is 19.1 Å². The first-order chi connectivity index (χ1) is 10.3. The number of likely N-dealkylation sites (N-methyl/N-ethyl adjacent to an activating group) is 1. The van der Waals surface area contributed by atoms with Crippen LogP contribution in [0, 0.1) is 11.8 Å². The van der Waals surface area contributed by atoms with Crippen LogP contribution in [0.1, 0.15) is 39.5 Å². The van der Waals surface area contributed by atoms with Crippen molar-refractivity contribution in [3.05, 3.63) is 0 Å². The van der Waals surface area contributed by atoms with Gasteiger partial charge in [-0.1, -0.05) is 0 Å². The molecule has 0 radical (unpaired) electrons. The Labute approximate surface area is 129 Å². The SMILES string of the molecule is CN1CC(N2C(=O)[C@@H]3[C@H](C2=O)C2(C)CCC3(C)O2)CCC1=O. The van der Waals surface area contributed by atoms with Crippen molar-refractivity contribution in [3.63, 3.8) is 0 Å². The molecule has 0 aliphatic carbocycles. The van der Waals surface area contributed by atoms with E-state index in [-0.39, 0.29) is 35.6 Å². The van der Waals surface area contributed by atoms with E-state index in [1.165, 1.54) is 4.90 Å². The topological polar surface area (TPSA) is 66.9 Å². The summed E-state index contributed by atoms with van der Waals surface area (Å²) < 4.78 is 6.10. The van der Waals surface area contributed by atoms with E-state index in [1.54, 1.807) is 11.9 Å². The van der Waals surface area contributed by atoms with E-state index in [9.17, 15) is 14.4 Å². The molecular weight excluding hydrogens is 284 g/mol. The van der Waals surface area contributed by atoms with Crippen molar-refractivity contribution in [3.8, 4) is 0 Å². The Morgan fingerprint density at radius 1 is 1.05 bits per heavy atom. The van der Waals surface area contributed by atoms with Gasteiger partial charge in [-0.05, 0) is 33.1 Å². The smallest absolute Gasteiger partial charge is 0.236 e. The van der Waals surface area contributed by atoms with E-state index in [2.05, 4.69) is 0 Å². The molecule has 0 aromatic rings. The summed E-state index contributed by atoms with van der Waals surface area (Å²) in [4.78, 5) is 40.6. The lowest BCUT2D eigenvalue weighted by molar-refractivity contribution is -0.153. The number of nitrogens with zero attached hydrogens (tertiary/aromatic N) is 2. The van der Waals surface area contributed by atoms with Crippen LogP contribution in [0.15, 0.2) is 0 Å². The Bertz CT molecular complexity index is 557. The second-order valence-corrected chi connectivity index (χ2v) is 7.70. The first-order valence-corrected chi connectivity index (χ1v) is 8.08. The number of imide groups is 1. The molecule has 4 saturated heterocycles. The van der Waals surface area contributed by atoms with Crippen molar-refractivity contribution in [2.45, 2.75) is 56.8 Å². The van der Waals surface area contributed by atoms with Gasteiger partial charge in [0, 0.05) is 20.0 Å². The van der Waals surface area contributed by atoms with Crippen LogP contribution in [0.3, 0.4) is 0 Å². The number of likely N-dealkylation sites (tertiary alicyclic amines) is 2. The third kappa shape index (κ3) is 1.56. The van der Waals surface area contributed by atoms with Crippen LogP contribution in [0.4, 0.5) is 0 Å².